The number of halogens is 3. The Morgan fingerprint density at radius 2 is 1.92 bits per heavy atom. The van der Waals surface area contributed by atoms with Gasteiger partial charge in [0.1, 0.15) is 0 Å². The van der Waals surface area contributed by atoms with Gasteiger partial charge in [0.05, 0.1) is 40.9 Å². The second-order valence-corrected chi connectivity index (χ2v) is 6.05. The molecule has 1 aromatic heterocycles. The molecule has 1 aliphatic rings. The van der Waals surface area contributed by atoms with Crippen LogP contribution in [0.3, 0.4) is 0 Å². The summed E-state index contributed by atoms with van der Waals surface area (Å²) in [6.45, 7) is 0.219. The highest BCUT2D eigenvalue weighted by atomic mass is 19.4. The number of nitrogens with one attached hydrogen (secondary N) is 2. The van der Waals surface area contributed by atoms with Crippen LogP contribution in [0.2, 0.25) is 0 Å². The fraction of sp³-hybridized carbons (Fsp3) is 0.294. The van der Waals surface area contributed by atoms with Crippen LogP contribution in [0.4, 0.5) is 24.5 Å². The van der Waals surface area contributed by atoms with Crippen molar-refractivity contribution in [2.45, 2.75) is 31.1 Å². The predicted octanol–water partition coefficient (Wildman–Crippen LogP) is 2.95. The molecule has 4 N–H and O–H groups in total. The normalized spacial score (nSPS) is 15.5. The second kappa shape index (κ2) is 6.36. The topological polar surface area (TPSA) is 80.0 Å². The number of hydrogen-bond donors (Lipinski definition) is 3. The SMILES string of the molecule is NC1(C(=O)NCc2ccc(Nc3ccccc3C(F)(F)F)cn2)CC1. The lowest BCUT2D eigenvalue weighted by atomic mass is 10.1. The van der Waals surface area contributed by atoms with E-state index in [1.165, 1.54) is 24.4 Å². The number of amides is 1. The maximum atomic E-state index is 13.0. The third-order valence-corrected chi connectivity index (χ3v) is 4.01. The van der Waals surface area contributed by atoms with Gasteiger partial charge in [0.15, 0.2) is 0 Å². The van der Waals surface area contributed by atoms with E-state index < -0.39 is 17.3 Å². The number of para-hydroxylation sites is 1. The van der Waals surface area contributed by atoms with E-state index in [1.54, 1.807) is 12.1 Å². The van der Waals surface area contributed by atoms with Crippen LogP contribution in [0.25, 0.3) is 0 Å². The number of carbonyl (C=O) groups is 1. The summed E-state index contributed by atoms with van der Waals surface area (Å²) in [5, 5.41) is 5.42. The van der Waals surface area contributed by atoms with Crippen LogP contribution in [0.15, 0.2) is 42.6 Å². The molecule has 0 bridgehead atoms. The van der Waals surface area contributed by atoms with E-state index >= 15 is 0 Å². The Kier molecular flexibility index (Phi) is 4.38. The van der Waals surface area contributed by atoms with Crippen molar-refractivity contribution in [3.05, 3.63) is 53.9 Å². The molecule has 1 heterocycles. The molecule has 0 spiro atoms. The van der Waals surface area contributed by atoms with Crippen LogP contribution < -0.4 is 16.4 Å². The number of alkyl halides is 3. The van der Waals surface area contributed by atoms with Crippen LogP contribution in [-0.4, -0.2) is 16.4 Å². The number of nitrogens with two attached hydrogens (primary N) is 1. The molecular weight excluding hydrogens is 333 g/mol. The molecular formula is C17H17F3N4O. The van der Waals surface area contributed by atoms with Crippen molar-refractivity contribution in [3.8, 4) is 0 Å². The number of anilines is 2. The van der Waals surface area contributed by atoms with Gasteiger partial charge in [-0.15, -0.1) is 0 Å². The van der Waals surface area contributed by atoms with E-state index in [0.717, 1.165) is 6.07 Å². The Hall–Kier alpha value is -2.61. The smallest absolute Gasteiger partial charge is 0.354 e. The van der Waals surface area contributed by atoms with E-state index in [4.69, 9.17) is 5.73 Å². The number of carbonyl (C=O) groups excluding carboxylic acids is 1. The highest BCUT2D eigenvalue weighted by Crippen LogP contribution is 2.35. The number of aromatic nitrogens is 1. The standard InChI is InChI=1S/C17H17F3N4O/c18-17(19,20)13-3-1-2-4-14(13)24-12-6-5-11(22-10-12)9-23-15(25)16(21)7-8-16/h1-6,10,24H,7-9,21H2,(H,23,25). The molecule has 0 saturated heterocycles. The third-order valence-electron chi connectivity index (χ3n) is 4.01. The Balaban J connectivity index is 1.64. The van der Waals surface area contributed by atoms with E-state index in [2.05, 4.69) is 15.6 Å². The van der Waals surface area contributed by atoms with Gasteiger partial charge in [-0.1, -0.05) is 12.1 Å². The molecule has 1 saturated carbocycles. The lowest BCUT2D eigenvalue weighted by Crippen LogP contribution is -2.42. The average Bonchev–Trinajstić information content (AvgIpc) is 3.32. The third kappa shape index (κ3) is 4.08. The molecule has 0 unspecified atom stereocenters. The van der Waals surface area contributed by atoms with Gasteiger partial charge in [-0.25, -0.2) is 0 Å². The summed E-state index contributed by atoms with van der Waals surface area (Å²) in [5.74, 6) is -0.212. The maximum absolute atomic E-state index is 13.0. The molecule has 0 atom stereocenters. The van der Waals surface area contributed by atoms with E-state index in [-0.39, 0.29) is 18.1 Å². The summed E-state index contributed by atoms with van der Waals surface area (Å²) in [5.41, 5.74) is 5.25. The minimum atomic E-state index is -4.44. The summed E-state index contributed by atoms with van der Waals surface area (Å²) in [4.78, 5) is 15.9. The van der Waals surface area contributed by atoms with Gasteiger partial charge in [0, 0.05) is 0 Å². The Bertz CT molecular complexity index is 770. The number of benzene rings is 1. The first kappa shape index (κ1) is 17.2. The molecule has 1 fully saturated rings. The zero-order chi connectivity index (χ0) is 18.1. The highest BCUT2D eigenvalue weighted by Gasteiger charge is 2.45. The van der Waals surface area contributed by atoms with E-state index in [1.807, 2.05) is 0 Å². The first-order chi connectivity index (χ1) is 11.8. The van der Waals surface area contributed by atoms with Gasteiger partial charge >= 0.3 is 6.18 Å². The second-order valence-electron chi connectivity index (χ2n) is 6.05. The van der Waals surface area contributed by atoms with Gasteiger partial charge in [0.2, 0.25) is 5.91 Å². The molecule has 8 heteroatoms. The van der Waals surface area contributed by atoms with Crippen molar-refractivity contribution in [2.24, 2.45) is 5.73 Å². The monoisotopic (exact) mass is 350 g/mol. The fourth-order valence-electron chi connectivity index (χ4n) is 2.31. The van der Waals surface area contributed by atoms with E-state index in [9.17, 15) is 18.0 Å². The minimum Gasteiger partial charge on any atom is -0.354 e. The average molecular weight is 350 g/mol. The van der Waals surface area contributed by atoms with Crippen molar-refractivity contribution in [1.29, 1.82) is 0 Å². The quantitative estimate of drug-likeness (QED) is 0.775. The van der Waals surface area contributed by atoms with Crippen LogP contribution >= 0.6 is 0 Å². The van der Waals surface area contributed by atoms with Crippen molar-refractivity contribution in [1.82, 2.24) is 10.3 Å². The molecule has 1 amide bonds. The lowest BCUT2D eigenvalue weighted by Gasteiger charge is -2.14. The zero-order valence-corrected chi connectivity index (χ0v) is 13.2. The molecule has 1 aliphatic carbocycles. The molecule has 1 aromatic carbocycles. The van der Waals surface area contributed by atoms with Crippen LogP contribution in [0.5, 0.6) is 0 Å². The molecule has 0 aliphatic heterocycles. The number of hydrogen-bond acceptors (Lipinski definition) is 4. The number of rotatable bonds is 5. The maximum Gasteiger partial charge on any atom is 0.418 e. The Morgan fingerprint density at radius 3 is 2.52 bits per heavy atom. The lowest BCUT2D eigenvalue weighted by molar-refractivity contribution is -0.137. The zero-order valence-electron chi connectivity index (χ0n) is 13.2. The van der Waals surface area contributed by atoms with Gasteiger partial charge in [0.25, 0.3) is 0 Å². The van der Waals surface area contributed by atoms with Crippen molar-refractivity contribution >= 4 is 17.3 Å². The van der Waals surface area contributed by atoms with Crippen LogP contribution in [0.1, 0.15) is 24.1 Å². The number of nitrogens with zero attached hydrogens (tertiary/aromatic N) is 1. The summed E-state index contributed by atoms with van der Waals surface area (Å²) in [7, 11) is 0. The summed E-state index contributed by atoms with van der Waals surface area (Å²) >= 11 is 0. The fourth-order valence-corrected chi connectivity index (χ4v) is 2.31. The van der Waals surface area contributed by atoms with Crippen molar-refractivity contribution < 1.29 is 18.0 Å². The first-order valence-corrected chi connectivity index (χ1v) is 7.73. The number of pyridine rings is 1. The van der Waals surface area contributed by atoms with Gasteiger partial charge in [-0.2, -0.15) is 13.2 Å². The first-order valence-electron chi connectivity index (χ1n) is 7.73. The van der Waals surface area contributed by atoms with Crippen molar-refractivity contribution in [2.75, 3.05) is 5.32 Å². The molecule has 25 heavy (non-hydrogen) atoms. The van der Waals surface area contributed by atoms with Crippen LogP contribution in [-0.2, 0) is 17.5 Å². The molecule has 3 rings (SSSR count). The van der Waals surface area contributed by atoms with Gasteiger partial charge in [-0.05, 0) is 37.1 Å². The molecule has 5 nitrogen and oxygen atoms in total. The summed E-state index contributed by atoms with van der Waals surface area (Å²) in [6.07, 6.45) is -1.67. The highest BCUT2D eigenvalue weighted by molar-refractivity contribution is 5.88. The van der Waals surface area contributed by atoms with E-state index in [0.29, 0.717) is 24.2 Å². The van der Waals surface area contributed by atoms with Crippen LogP contribution in [0, 0.1) is 0 Å². The summed E-state index contributed by atoms with van der Waals surface area (Å²) < 4.78 is 39.0. The van der Waals surface area contributed by atoms with Gasteiger partial charge in [-0.3, -0.25) is 9.78 Å². The molecule has 2 aromatic rings. The summed E-state index contributed by atoms with van der Waals surface area (Å²) in [6, 6.07) is 8.47. The van der Waals surface area contributed by atoms with Gasteiger partial charge < -0.3 is 16.4 Å². The largest absolute Gasteiger partial charge is 0.418 e. The predicted molar refractivity (Wildman–Crippen MR) is 87.0 cm³/mol. The molecule has 132 valence electrons. The minimum absolute atomic E-state index is 0.0448. The van der Waals surface area contributed by atoms with Crippen molar-refractivity contribution in [3.63, 3.8) is 0 Å². The molecule has 0 radical (unpaired) electrons. The Labute approximate surface area is 142 Å². The Morgan fingerprint density at radius 1 is 1.20 bits per heavy atom.